The van der Waals surface area contributed by atoms with E-state index in [1.54, 1.807) is 6.07 Å². The molecule has 0 bridgehead atoms. The Morgan fingerprint density at radius 2 is 1.75 bits per heavy atom. The number of thiophene rings is 1. The Bertz CT molecular complexity index is 1160. The smallest absolute Gasteiger partial charge is 0.253 e. The van der Waals surface area contributed by atoms with Crippen LogP contribution in [0.25, 0.3) is 0 Å². The number of halogens is 1. The van der Waals surface area contributed by atoms with Gasteiger partial charge >= 0.3 is 0 Å². The van der Waals surface area contributed by atoms with E-state index in [0.717, 1.165) is 28.2 Å². The normalized spacial score (nSPS) is 16.8. The molecule has 0 unspecified atom stereocenters. The molecule has 1 aromatic heterocycles. The molecule has 0 saturated carbocycles. The van der Waals surface area contributed by atoms with Crippen molar-refractivity contribution in [3.05, 3.63) is 82.2 Å². The molecule has 1 aliphatic heterocycles. The van der Waals surface area contributed by atoms with Gasteiger partial charge in [-0.2, -0.15) is 4.31 Å². The number of carbonyl (C=O) groups is 1. The van der Waals surface area contributed by atoms with Crippen molar-refractivity contribution in [1.29, 1.82) is 0 Å². The summed E-state index contributed by atoms with van der Waals surface area (Å²) in [5.41, 5.74) is 2.09. The molecule has 3 aromatic rings. The average Bonchev–Trinajstić information content (AvgIpc) is 3.48. The zero-order chi connectivity index (χ0) is 22.6. The van der Waals surface area contributed by atoms with E-state index in [1.165, 1.54) is 10.4 Å². The Labute approximate surface area is 197 Å². The molecule has 1 atom stereocenters. The summed E-state index contributed by atoms with van der Waals surface area (Å²) in [6, 6.07) is 20.1. The molecule has 1 saturated heterocycles. The fourth-order valence-corrected chi connectivity index (χ4v) is 7.11. The van der Waals surface area contributed by atoms with Crippen molar-refractivity contribution in [3.8, 4) is 5.75 Å². The lowest BCUT2D eigenvalue weighted by molar-refractivity contribution is -0.122. The number of aryl methyl sites for hydroxylation is 1. The van der Waals surface area contributed by atoms with Crippen LogP contribution < -0.4 is 4.74 Å². The summed E-state index contributed by atoms with van der Waals surface area (Å²) in [4.78, 5) is 12.9. The van der Waals surface area contributed by atoms with Crippen molar-refractivity contribution >= 4 is 38.7 Å². The molecule has 0 N–H and O–H groups in total. The molecule has 0 amide bonds. The molecule has 168 valence electrons. The minimum absolute atomic E-state index is 0.0368. The van der Waals surface area contributed by atoms with Gasteiger partial charge in [0.25, 0.3) is 10.0 Å². The summed E-state index contributed by atoms with van der Waals surface area (Å²) >= 11 is 6.94. The summed E-state index contributed by atoms with van der Waals surface area (Å²) in [5.74, 6) is 0.785. The number of benzene rings is 2. The summed E-state index contributed by atoms with van der Waals surface area (Å²) in [7, 11) is -3.70. The van der Waals surface area contributed by atoms with Crippen molar-refractivity contribution in [1.82, 2.24) is 4.31 Å². The van der Waals surface area contributed by atoms with Gasteiger partial charge in [0.2, 0.25) is 0 Å². The fourth-order valence-electron chi connectivity index (χ4n) is 3.82. The Balaban J connectivity index is 1.33. The lowest BCUT2D eigenvalue weighted by Crippen LogP contribution is -2.40. The molecule has 0 radical (unpaired) electrons. The quantitative estimate of drug-likeness (QED) is 0.407. The van der Waals surface area contributed by atoms with Crippen LogP contribution in [0.2, 0.25) is 4.34 Å². The molecular formula is C24H24ClNO4S2. The van der Waals surface area contributed by atoms with Gasteiger partial charge < -0.3 is 4.74 Å². The number of ether oxygens (including phenoxy) is 1. The SMILES string of the molecule is O=C(CCc1ccc(COc2ccccc2)cc1)[C@@H]1CCCN1S(=O)(=O)c1ccc(Cl)s1. The third kappa shape index (κ3) is 5.41. The molecule has 1 fully saturated rings. The molecule has 32 heavy (non-hydrogen) atoms. The number of hydrogen-bond acceptors (Lipinski definition) is 5. The first-order valence-electron chi connectivity index (χ1n) is 10.5. The van der Waals surface area contributed by atoms with Crippen molar-refractivity contribution in [3.63, 3.8) is 0 Å². The number of carbonyl (C=O) groups excluding carboxylic acids is 1. The Kier molecular flexibility index (Phi) is 7.30. The van der Waals surface area contributed by atoms with Crippen LogP contribution in [-0.4, -0.2) is 31.1 Å². The topological polar surface area (TPSA) is 63.7 Å². The van der Waals surface area contributed by atoms with E-state index in [4.69, 9.17) is 16.3 Å². The summed E-state index contributed by atoms with van der Waals surface area (Å²) in [6.07, 6.45) is 2.13. The number of rotatable bonds is 9. The highest BCUT2D eigenvalue weighted by molar-refractivity contribution is 7.91. The minimum atomic E-state index is -3.70. The van der Waals surface area contributed by atoms with Gasteiger partial charge in [0.15, 0.2) is 5.78 Å². The van der Waals surface area contributed by atoms with E-state index in [2.05, 4.69) is 0 Å². The van der Waals surface area contributed by atoms with E-state index in [9.17, 15) is 13.2 Å². The predicted octanol–water partition coefficient (Wildman–Crippen LogP) is 5.34. The summed E-state index contributed by atoms with van der Waals surface area (Å²) in [5, 5.41) is 0. The van der Waals surface area contributed by atoms with Crippen LogP contribution in [0.4, 0.5) is 0 Å². The van der Waals surface area contributed by atoms with Gasteiger partial charge in [-0.3, -0.25) is 4.79 Å². The molecule has 8 heteroatoms. The average molecular weight is 490 g/mol. The minimum Gasteiger partial charge on any atom is -0.489 e. The third-order valence-electron chi connectivity index (χ3n) is 5.52. The largest absolute Gasteiger partial charge is 0.489 e. The van der Waals surface area contributed by atoms with Gasteiger partial charge in [0, 0.05) is 13.0 Å². The van der Waals surface area contributed by atoms with E-state index in [-0.39, 0.29) is 9.99 Å². The van der Waals surface area contributed by atoms with Crippen molar-refractivity contribution in [2.24, 2.45) is 0 Å². The Morgan fingerprint density at radius 3 is 2.44 bits per heavy atom. The molecule has 2 aromatic carbocycles. The zero-order valence-electron chi connectivity index (χ0n) is 17.4. The van der Waals surface area contributed by atoms with E-state index in [1.807, 2.05) is 54.6 Å². The van der Waals surface area contributed by atoms with Crippen molar-refractivity contribution in [2.75, 3.05) is 6.54 Å². The van der Waals surface area contributed by atoms with E-state index in [0.29, 0.717) is 43.2 Å². The number of hydrogen-bond donors (Lipinski definition) is 0. The van der Waals surface area contributed by atoms with Crippen molar-refractivity contribution in [2.45, 2.75) is 42.5 Å². The van der Waals surface area contributed by atoms with Gasteiger partial charge in [-0.1, -0.05) is 54.1 Å². The highest BCUT2D eigenvalue weighted by Gasteiger charge is 2.39. The summed E-state index contributed by atoms with van der Waals surface area (Å²) in [6.45, 7) is 0.842. The summed E-state index contributed by atoms with van der Waals surface area (Å²) < 4.78 is 33.6. The van der Waals surface area contributed by atoms with E-state index >= 15 is 0 Å². The Hall–Kier alpha value is -2.19. The van der Waals surface area contributed by atoms with Crippen LogP contribution >= 0.6 is 22.9 Å². The number of sulfonamides is 1. The number of para-hydroxylation sites is 1. The maximum Gasteiger partial charge on any atom is 0.253 e. The molecular weight excluding hydrogens is 466 g/mol. The zero-order valence-corrected chi connectivity index (χ0v) is 19.8. The molecule has 2 heterocycles. The molecule has 4 rings (SSSR count). The first-order chi connectivity index (χ1) is 15.4. The monoisotopic (exact) mass is 489 g/mol. The van der Waals surface area contributed by atoms with E-state index < -0.39 is 16.1 Å². The highest BCUT2D eigenvalue weighted by atomic mass is 35.5. The third-order valence-corrected chi connectivity index (χ3v) is 9.13. The van der Waals surface area contributed by atoms with Gasteiger partial charge in [0.05, 0.1) is 10.4 Å². The van der Waals surface area contributed by atoms with Crippen LogP contribution in [0.1, 0.15) is 30.4 Å². The van der Waals surface area contributed by atoms with Crippen LogP contribution in [0.5, 0.6) is 5.75 Å². The van der Waals surface area contributed by atoms with Gasteiger partial charge in [-0.15, -0.1) is 11.3 Å². The maximum atomic E-state index is 13.0. The fraction of sp³-hybridized carbons (Fsp3) is 0.292. The number of nitrogens with zero attached hydrogens (tertiary/aromatic N) is 1. The number of Topliss-reactive ketones (excluding diaryl/α,β-unsaturated/α-hetero) is 1. The maximum absolute atomic E-state index is 13.0. The first-order valence-corrected chi connectivity index (χ1v) is 13.1. The highest BCUT2D eigenvalue weighted by Crippen LogP contribution is 2.32. The number of ketones is 1. The van der Waals surface area contributed by atoms with Crippen molar-refractivity contribution < 1.29 is 17.9 Å². The van der Waals surface area contributed by atoms with Gasteiger partial charge in [-0.05, 0) is 54.7 Å². The molecule has 0 aliphatic carbocycles. The first kappa shape index (κ1) is 23.0. The van der Waals surface area contributed by atoms with Crippen LogP contribution in [0.3, 0.4) is 0 Å². The molecule has 1 aliphatic rings. The lowest BCUT2D eigenvalue weighted by atomic mass is 10.0. The second-order valence-corrected chi connectivity index (χ2v) is 11.5. The van der Waals surface area contributed by atoms with Gasteiger partial charge in [-0.25, -0.2) is 8.42 Å². The van der Waals surface area contributed by atoms with Crippen LogP contribution in [-0.2, 0) is 27.8 Å². The van der Waals surface area contributed by atoms with Crippen LogP contribution in [0, 0.1) is 0 Å². The standard InChI is InChI=1S/C24H24ClNO4S2/c25-23-14-15-24(31-23)32(28,29)26-16-4-7-21(26)22(27)13-12-18-8-10-19(11-9-18)17-30-20-5-2-1-3-6-20/h1-3,5-6,8-11,14-15,21H,4,7,12-13,16-17H2/t21-/m0/s1. The second-order valence-electron chi connectivity index (χ2n) is 7.72. The Morgan fingerprint density at radius 1 is 1.03 bits per heavy atom. The second kappa shape index (κ2) is 10.2. The lowest BCUT2D eigenvalue weighted by Gasteiger charge is -2.22. The van der Waals surface area contributed by atoms with Gasteiger partial charge in [0.1, 0.15) is 16.6 Å². The predicted molar refractivity (Wildman–Crippen MR) is 127 cm³/mol. The molecule has 0 spiro atoms. The van der Waals surface area contributed by atoms with Crippen LogP contribution in [0.15, 0.2) is 70.9 Å². The molecule has 5 nitrogen and oxygen atoms in total.